The minimum absolute atomic E-state index is 0.0565. The summed E-state index contributed by atoms with van der Waals surface area (Å²) >= 11 is 0. The lowest BCUT2D eigenvalue weighted by Gasteiger charge is -2.34. The van der Waals surface area contributed by atoms with E-state index < -0.39 is 41.3 Å². The van der Waals surface area contributed by atoms with Gasteiger partial charge in [0.2, 0.25) is 11.8 Å². The van der Waals surface area contributed by atoms with Crippen LogP contribution >= 0.6 is 0 Å². The molecule has 4 amide bonds. The van der Waals surface area contributed by atoms with Crippen LogP contribution in [0.5, 0.6) is 5.75 Å². The molecule has 3 rings (SSSR count). The molecule has 0 bridgehead atoms. The van der Waals surface area contributed by atoms with Crippen molar-refractivity contribution in [3.63, 3.8) is 0 Å². The maximum atomic E-state index is 13.9. The Morgan fingerprint density at radius 3 is 2.24 bits per heavy atom. The van der Waals surface area contributed by atoms with Gasteiger partial charge in [0.05, 0.1) is 13.2 Å². The average Bonchev–Trinajstić information content (AvgIpc) is 3.15. The number of rotatable bonds is 20. The van der Waals surface area contributed by atoms with Gasteiger partial charge >= 0.3 is 18.2 Å². The van der Waals surface area contributed by atoms with Crippen molar-refractivity contribution in [1.29, 1.82) is 0 Å². The number of carbonyl (C=O) groups is 5. The quantitative estimate of drug-likeness (QED) is 0.0697. The highest BCUT2D eigenvalue weighted by atomic mass is 16.6. The van der Waals surface area contributed by atoms with Crippen LogP contribution < -0.4 is 20.7 Å². The molecule has 2 aromatic rings. The first-order valence-electron chi connectivity index (χ1n) is 20.9. The Hall–Kier alpha value is -4.81. The van der Waals surface area contributed by atoms with Crippen LogP contribution in [0.15, 0.2) is 48.5 Å². The maximum Gasteiger partial charge on any atom is 0.410 e. The van der Waals surface area contributed by atoms with E-state index in [0.29, 0.717) is 50.6 Å². The van der Waals surface area contributed by atoms with Gasteiger partial charge < -0.3 is 39.8 Å². The van der Waals surface area contributed by atoms with Crippen molar-refractivity contribution in [2.24, 2.45) is 5.92 Å². The van der Waals surface area contributed by atoms with Gasteiger partial charge in [0.1, 0.15) is 29.0 Å². The van der Waals surface area contributed by atoms with Crippen molar-refractivity contribution >= 4 is 30.0 Å². The fourth-order valence-corrected chi connectivity index (χ4v) is 6.47. The summed E-state index contributed by atoms with van der Waals surface area (Å²) in [6.45, 7) is 17.1. The van der Waals surface area contributed by atoms with Crippen LogP contribution in [0.4, 0.5) is 9.59 Å². The van der Waals surface area contributed by atoms with Gasteiger partial charge in [-0.15, -0.1) is 0 Å². The van der Waals surface area contributed by atoms with Gasteiger partial charge in [-0.3, -0.25) is 14.4 Å². The van der Waals surface area contributed by atoms with Gasteiger partial charge in [-0.05, 0) is 135 Å². The Morgan fingerprint density at radius 1 is 0.845 bits per heavy atom. The molecule has 13 heteroatoms. The molecule has 1 aliphatic rings. The fourth-order valence-electron chi connectivity index (χ4n) is 6.47. The number of nitrogens with zero attached hydrogens (tertiary/aromatic N) is 1. The van der Waals surface area contributed by atoms with Gasteiger partial charge in [-0.25, -0.2) is 9.59 Å². The molecule has 322 valence electrons. The molecular weight excluding hydrogens is 741 g/mol. The third-order valence-electron chi connectivity index (χ3n) is 9.57. The molecule has 58 heavy (non-hydrogen) atoms. The van der Waals surface area contributed by atoms with E-state index in [9.17, 15) is 24.0 Å². The summed E-state index contributed by atoms with van der Waals surface area (Å²) in [5.74, 6) is -0.351. The molecule has 0 radical (unpaired) electrons. The number of likely N-dealkylation sites (tertiary alicyclic amines) is 1. The zero-order valence-electron chi connectivity index (χ0n) is 36.1. The summed E-state index contributed by atoms with van der Waals surface area (Å²) in [6, 6.07) is 13.5. The highest BCUT2D eigenvalue weighted by Gasteiger charge is 2.29. The van der Waals surface area contributed by atoms with Crippen molar-refractivity contribution in [2.45, 2.75) is 149 Å². The van der Waals surface area contributed by atoms with Gasteiger partial charge in [-0.1, -0.05) is 49.7 Å². The van der Waals surface area contributed by atoms with Crippen molar-refractivity contribution in [3.05, 3.63) is 65.2 Å². The Morgan fingerprint density at radius 2 is 1.55 bits per heavy atom. The molecule has 1 heterocycles. The van der Waals surface area contributed by atoms with Gasteiger partial charge in [0, 0.05) is 26.1 Å². The second kappa shape index (κ2) is 23.6. The lowest BCUT2D eigenvalue weighted by Crippen LogP contribution is -2.54. The Balaban J connectivity index is 1.66. The highest BCUT2D eigenvalue weighted by molar-refractivity contribution is 5.91. The van der Waals surface area contributed by atoms with Gasteiger partial charge in [0.15, 0.2) is 0 Å². The molecule has 1 fully saturated rings. The van der Waals surface area contributed by atoms with E-state index in [1.54, 1.807) is 25.7 Å². The van der Waals surface area contributed by atoms with E-state index in [4.69, 9.17) is 18.9 Å². The van der Waals surface area contributed by atoms with E-state index in [2.05, 4.69) is 16.0 Å². The lowest BCUT2D eigenvalue weighted by molar-refractivity contribution is -0.155. The number of benzene rings is 2. The average molecular weight is 809 g/mol. The topological polar surface area (TPSA) is 162 Å². The summed E-state index contributed by atoms with van der Waals surface area (Å²) in [4.78, 5) is 67.2. The molecule has 2 aromatic carbocycles. The molecule has 3 N–H and O–H groups in total. The van der Waals surface area contributed by atoms with Crippen LogP contribution in [0.1, 0.15) is 123 Å². The Bertz CT molecular complexity index is 1620. The van der Waals surface area contributed by atoms with E-state index in [1.165, 1.54) is 0 Å². The van der Waals surface area contributed by atoms with Crippen LogP contribution in [0, 0.1) is 12.8 Å². The SMILES string of the molecule is CCCCOC(=O)N[C@@H](CCCC(=O)OC(C)(C)C)C(=O)N[C@@H](CCc1ccccc1)C(=O)NCc1cc(OCCC2CCCN(C(=O)OC(C)(C)C)C2)ccc1C. The zero-order chi connectivity index (χ0) is 42.7. The number of hydrogen-bond acceptors (Lipinski definition) is 9. The van der Waals surface area contributed by atoms with Crippen LogP contribution in [0.3, 0.4) is 0 Å². The molecule has 13 nitrogen and oxygen atoms in total. The monoisotopic (exact) mass is 808 g/mol. The predicted octanol–water partition coefficient (Wildman–Crippen LogP) is 7.55. The Kier molecular flexibility index (Phi) is 19.3. The van der Waals surface area contributed by atoms with Crippen LogP contribution in [-0.4, -0.2) is 84.5 Å². The largest absolute Gasteiger partial charge is 0.494 e. The number of ether oxygens (including phenoxy) is 4. The number of carbonyl (C=O) groups excluding carboxylic acids is 5. The number of aryl methyl sites for hydroxylation is 2. The smallest absolute Gasteiger partial charge is 0.410 e. The third-order valence-corrected chi connectivity index (χ3v) is 9.57. The molecule has 3 atom stereocenters. The number of hydrogen-bond donors (Lipinski definition) is 3. The number of esters is 1. The Labute approximate surface area is 345 Å². The molecular formula is C45H68N4O9. The molecule has 0 aromatic heterocycles. The molecule has 0 aliphatic carbocycles. The van der Waals surface area contributed by atoms with E-state index in [1.807, 2.05) is 83.1 Å². The van der Waals surface area contributed by atoms with E-state index in [0.717, 1.165) is 42.4 Å². The molecule has 1 saturated heterocycles. The minimum Gasteiger partial charge on any atom is -0.494 e. The standard InChI is InChI=1S/C45H68N4O9/c1-9-10-27-56-42(53)48-37(19-14-20-39(50)57-44(3,4)5)41(52)47-38(24-22-33-16-12-11-13-17-33)40(51)46-30-35-29-36(23-21-32(35)2)55-28-25-34-18-15-26-49(31-34)43(54)58-45(6,7)8/h11-13,16-17,21,23,29,34,37-38H,9-10,14-15,18-20,22,24-28,30-31H2,1-8H3,(H,46,51)(H,47,52)(H,48,53)/t34?,37-,38-/m0/s1. The predicted molar refractivity (Wildman–Crippen MR) is 223 cm³/mol. The second-order valence-corrected chi connectivity index (χ2v) is 17.1. The first-order valence-corrected chi connectivity index (χ1v) is 20.9. The number of unbranched alkanes of at least 4 members (excludes halogenated alkanes) is 1. The van der Waals surface area contributed by atoms with Crippen molar-refractivity contribution < 1.29 is 42.9 Å². The highest BCUT2D eigenvalue weighted by Crippen LogP contribution is 2.24. The summed E-state index contributed by atoms with van der Waals surface area (Å²) in [5.41, 5.74) is 1.65. The number of piperidine rings is 1. The van der Waals surface area contributed by atoms with Crippen LogP contribution in [0.25, 0.3) is 0 Å². The van der Waals surface area contributed by atoms with E-state index in [-0.39, 0.29) is 44.4 Å². The third kappa shape index (κ3) is 18.6. The fraction of sp³-hybridized carbons (Fsp3) is 0.622. The van der Waals surface area contributed by atoms with Crippen LogP contribution in [-0.2, 0) is 41.6 Å². The zero-order valence-corrected chi connectivity index (χ0v) is 36.1. The van der Waals surface area contributed by atoms with Crippen molar-refractivity contribution in [2.75, 3.05) is 26.3 Å². The lowest BCUT2D eigenvalue weighted by atomic mass is 9.95. The summed E-state index contributed by atoms with van der Waals surface area (Å²) in [6.07, 6.45) is 4.50. The van der Waals surface area contributed by atoms with Crippen molar-refractivity contribution in [1.82, 2.24) is 20.9 Å². The molecule has 1 unspecified atom stereocenters. The van der Waals surface area contributed by atoms with E-state index >= 15 is 0 Å². The summed E-state index contributed by atoms with van der Waals surface area (Å²) in [7, 11) is 0. The van der Waals surface area contributed by atoms with Crippen LogP contribution in [0.2, 0.25) is 0 Å². The minimum atomic E-state index is -1.05. The summed E-state index contributed by atoms with van der Waals surface area (Å²) < 4.78 is 22.4. The number of alkyl carbamates (subject to hydrolysis) is 1. The van der Waals surface area contributed by atoms with Crippen molar-refractivity contribution in [3.8, 4) is 5.75 Å². The normalized spacial score (nSPS) is 15.4. The molecule has 0 spiro atoms. The molecule has 1 aliphatic heterocycles. The number of amides is 4. The first-order chi connectivity index (χ1) is 27.4. The maximum absolute atomic E-state index is 13.9. The van der Waals surface area contributed by atoms with Gasteiger partial charge in [0.25, 0.3) is 0 Å². The molecule has 0 saturated carbocycles. The first kappa shape index (κ1) is 47.6. The second-order valence-electron chi connectivity index (χ2n) is 17.1. The number of nitrogens with one attached hydrogen (secondary N) is 3. The van der Waals surface area contributed by atoms with Gasteiger partial charge in [-0.2, -0.15) is 0 Å². The summed E-state index contributed by atoms with van der Waals surface area (Å²) in [5, 5.41) is 8.54.